The number of phenolic OH excluding ortho intramolecular Hbond substituents is 1. The number of rotatable bonds is 5. The van der Waals surface area contributed by atoms with Gasteiger partial charge in [-0.3, -0.25) is 4.98 Å². The molecule has 4 heterocycles. The van der Waals surface area contributed by atoms with Crippen molar-refractivity contribution in [1.82, 2.24) is 25.2 Å². The molecule has 8 nitrogen and oxygen atoms in total. The van der Waals surface area contributed by atoms with Crippen LogP contribution in [0.1, 0.15) is 44.2 Å². The molecule has 2 fully saturated rings. The van der Waals surface area contributed by atoms with Crippen molar-refractivity contribution in [2.75, 3.05) is 33.3 Å². The highest BCUT2D eigenvalue weighted by Crippen LogP contribution is 2.39. The van der Waals surface area contributed by atoms with E-state index in [0.717, 1.165) is 43.1 Å². The Kier molecular flexibility index (Phi) is 6.82. The van der Waals surface area contributed by atoms with Gasteiger partial charge >= 0.3 is 6.01 Å². The molecule has 2 aromatic carbocycles. The zero-order valence-corrected chi connectivity index (χ0v) is 22.3. The molecule has 2 saturated heterocycles. The van der Waals surface area contributed by atoms with Crippen LogP contribution in [0.5, 0.6) is 11.8 Å². The van der Waals surface area contributed by atoms with Gasteiger partial charge in [0.05, 0.1) is 11.3 Å². The fourth-order valence-electron chi connectivity index (χ4n) is 6.03. The van der Waals surface area contributed by atoms with Crippen molar-refractivity contribution in [2.45, 2.75) is 50.2 Å². The number of fused-ring (bicyclic) bond motifs is 2. The number of benzene rings is 2. The van der Waals surface area contributed by atoms with Crippen molar-refractivity contribution in [3.8, 4) is 23.0 Å². The van der Waals surface area contributed by atoms with Crippen LogP contribution in [-0.2, 0) is 0 Å². The summed E-state index contributed by atoms with van der Waals surface area (Å²) in [4.78, 5) is 16.1. The number of hydrogen-bond acceptors (Lipinski definition) is 8. The molecule has 2 unspecified atom stereocenters. The number of hydrogen-bond donors (Lipinski definition) is 3. The molecular weight excluding hydrogens is 497 g/mol. The second-order valence-corrected chi connectivity index (χ2v) is 11.1. The summed E-state index contributed by atoms with van der Waals surface area (Å²) >= 11 is 0. The minimum atomic E-state index is -1.05. The first-order valence-electron chi connectivity index (χ1n) is 13.7. The van der Waals surface area contributed by atoms with Crippen LogP contribution in [0.2, 0.25) is 0 Å². The van der Waals surface area contributed by atoms with Crippen LogP contribution in [0.3, 0.4) is 0 Å². The summed E-state index contributed by atoms with van der Waals surface area (Å²) < 4.78 is 22.5. The topological polar surface area (TPSA) is 104 Å². The second kappa shape index (κ2) is 10.3. The molecular formula is C30H34FN5O3. The SMILES string of the molecule is CN1CCC[C@H]1COc1nc(C2CNCCCC2(C)O)c2cnc(-c3cc(O)cc4ccccc34)c(F)c2n1. The second-order valence-electron chi connectivity index (χ2n) is 11.1. The number of ether oxygens (including phenoxy) is 1. The summed E-state index contributed by atoms with van der Waals surface area (Å²) in [7, 11) is 2.07. The first kappa shape index (κ1) is 25.9. The number of halogens is 1. The normalized spacial score (nSPS) is 24.3. The minimum absolute atomic E-state index is 0.0265. The fourth-order valence-corrected chi connectivity index (χ4v) is 6.03. The van der Waals surface area contributed by atoms with Gasteiger partial charge in [-0.15, -0.1) is 0 Å². The Labute approximate surface area is 226 Å². The van der Waals surface area contributed by atoms with Gasteiger partial charge in [0.25, 0.3) is 0 Å². The number of likely N-dealkylation sites (tertiary alicyclic amines) is 1. The molecule has 0 bridgehead atoms. The van der Waals surface area contributed by atoms with E-state index in [4.69, 9.17) is 9.72 Å². The van der Waals surface area contributed by atoms with Crippen LogP contribution < -0.4 is 10.1 Å². The van der Waals surface area contributed by atoms with E-state index in [0.29, 0.717) is 36.2 Å². The van der Waals surface area contributed by atoms with E-state index in [1.165, 1.54) is 6.07 Å². The average molecular weight is 532 g/mol. The molecule has 2 aliphatic heterocycles. The number of phenols is 1. The maximum atomic E-state index is 16.4. The highest BCUT2D eigenvalue weighted by atomic mass is 19.1. The number of nitrogens with zero attached hydrogens (tertiary/aromatic N) is 4. The van der Waals surface area contributed by atoms with Crippen molar-refractivity contribution in [1.29, 1.82) is 0 Å². The molecule has 9 heteroatoms. The molecule has 0 amide bonds. The lowest BCUT2D eigenvalue weighted by Gasteiger charge is -2.31. The van der Waals surface area contributed by atoms with Gasteiger partial charge < -0.3 is 25.2 Å². The average Bonchev–Trinajstić information content (AvgIpc) is 3.24. The lowest BCUT2D eigenvalue weighted by molar-refractivity contribution is 0.0268. The fraction of sp³-hybridized carbons (Fsp3) is 0.433. The van der Waals surface area contributed by atoms with Gasteiger partial charge in [0.1, 0.15) is 23.6 Å². The third kappa shape index (κ3) is 4.90. The monoisotopic (exact) mass is 531 g/mol. The molecule has 3 N–H and O–H groups in total. The maximum Gasteiger partial charge on any atom is 0.317 e. The predicted octanol–water partition coefficient (Wildman–Crippen LogP) is 4.38. The van der Waals surface area contributed by atoms with Gasteiger partial charge in [0.15, 0.2) is 5.82 Å². The van der Waals surface area contributed by atoms with E-state index in [2.05, 4.69) is 27.2 Å². The first-order valence-corrected chi connectivity index (χ1v) is 13.7. The molecule has 2 aromatic heterocycles. The van der Waals surface area contributed by atoms with Gasteiger partial charge in [-0.2, -0.15) is 9.97 Å². The highest BCUT2D eigenvalue weighted by molar-refractivity contribution is 5.98. The van der Waals surface area contributed by atoms with E-state index >= 15 is 4.39 Å². The van der Waals surface area contributed by atoms with Crippen LogP contribution in [-0.4, -0.2) is 75.0 Å². The largest absolute Gasteiger partial charge is 0.508 e. The van der Waals surface area contributed by atoms with Crippen molar-refractivity contribution in [2.24, 2.45) is 0 Å². The smallest absolute Gasteiger partial charge is 0.317 e. The number of aliphatic hydroxyl groups is 1. The Morgan fingerprint density at radius 3 is 2.85 bits per heavy atom. The van der Waals surface area contributed by atoms with Crippen LogP contribution >= 0.6 is 0 Å². The molecule has 0 saturated carbocycles. The molecule has 39 heavy (non-hydrogen) atoms. The Morgan fingerprint density at radius 1 is 1.18 bits per heavy atom. The van der Waals surface area contributed by atoms with Crippen LogP contribution in [0.15, 0.2) is 42.6 Å². The first-order chi connectivity index (χ1) is 18.8. The number of pyridine rings is 1. The maximum absolute atomic E-state index is 16.4. The molecule has 0 aliphatic carbocycles. The summed E-state index contributed by atoms with van der Waals surface area (Å²) in [5, 5.41) is 27.2. The van der Waals surface area contributed by atoms with Crippen LogP contribution in [0.4, 0.5) is 4.39 Å². The van der Waals surface area contributed by atoms with Crippen molar-refractivity contribution in [3.05, 3.63) is 54.1 Å². The highest BCUT2D eigenvalue weighted by Gasteiger charge is 2.37. The Morgan fingerprint density at radius 2 is 2.03 bits per heavy atom. The van der Waals surface area contributed by atoms with Crippen molar-refractivity contribution < 1.29 is 19.3 Å². The molecule has 0 radical (unpaired) electrons. The van der Waals surface area contributed by atoms with Gasteiger partial charge in [0.2, 0.25) is 0 Å². The van der Waals surface area contributed by atoms with Crippen LogP contribution in [0, 0.1) is 5.82 Å². The standard InChI is InChI=1S/C30H34FN5O3/c1-30(38)10-6-11-32-16-24(30)26-23-15-33-27(22-14-20(37)13-18-7-3-4-9-21(18)22)25(31)28(23)35-29(34-26)39-17-19-8-5-12-36(19)2/h3-4,7,9,13-15,19,24,32,37-38H,5-6,8,10-12,16-17H2,1-2H3/t19-,24?,30?/m0/s1. The number of aromatic nitrogens is 3. The Balaban J connectivity index is 1.52. The van der Waals surface area contributed by atoms with Crippen molar-refractivity contribution in [3.63, 3.8) is 0 Å². The van der Waals surface area contributed by atoms with Gasteiger partial charge in [0, 0.05) is 35.7 Å². The van der Waals surface area contributed by atoms with Gasteiger partial charge in [-0.25, -0.2) is 4.39 Å². The van der Waals surface area contributed by atoms with E-state index in [1.807, 2.05) is 31.2 Å². The van der Waals surface area contributed by atoms with E-state index < -0.39 is 17.3 Å². The summed E-state index contributed by atoms with van der Waals surface area (Å²) in [6.07, 6.45) is 5.11. The number of likely N-dealkylation sites (N-methyl/N-ethyl adjacent to an activating group) is 1. The molecule has 4 aromatic rings. The zero-order valence-electron chi connectivity index (χ0n) is 22.3. The lowest BCUT2D eigenvalue weighted by Crippen LogP contribution is -2.37. The molecule has 3 atom stereocenters. The summed E-state index contributed by atoms with van der Waals surface area (Å²) in [5.74, 6) is -0.995. The summed E-state index contributed by atoms with van der Waals surface area (Å²) in [5.41, 5.74) is 0.125. The van der Waals surface area contributed by atoms with Crippen molar-refractivity contribution >= 4 is 21.7 Å². The van der Waals surface area contributed by atoms with Crippen LogP contribution in [0.25, 0.3) is 32.9 Å². The third-order valence-corrected chi connectivity index (χ3v) is 8.34. The summed E-state index contributed by atoms with van der Waals surface area (Å²) in [6, 6.07) is 11.0. The number of aromatic hydroxyl groups is 1. The van der Waals surface area contributed by atoms with E-state index in [9.17, 15) is 10.2 Å². The van der Waals surface area contributed by atoms with E-state index in [1.54, 1.807) is 12.3 Å². The van der Waals surface area contributed by atoms with Gasteiger partial charge in [-0.1, -0.05) is 24.3 Å². The quantitative estimate of drug-likeness (QED) is 0.349. The zero-order chi connectivity index (χ0) is 27.1. The minimum Gasteiger partial charge on any atom is -0.508 e. The molecule has 0 spiro atoms. The lowest BCUT2D eigenvalue weighted by atomic mass is 9.82. The third-order valence-electron chi connectivity index (χ3n) is 8.34. The molecule has 204 valence electrons. The number of nitrogens with one attached hydrogen (secondary N) is 1. The van der Waals surface area contributed by atoms with E-state index in [-0.39, 0.29) is 29.0 Å². The summed E-state index contributed by atoms with van der Waals surface area (Å²) in [6.45, 7) is 4.50. The predicted molar refractivity (Wildman–Crippen MR) is 149 cm³/mol. The Hall–Kier alpha value is -3.40. The Bertz CT molecular complexity index is 1530. The van der Waals surface area contributed by atoms with Gasteiger partial charge in [-0.05, 0) is 75.6 Å². The molecule has 2 aliphatic rings. The molecule has 6 rings (SSSR count).